The first-order chi connectivity index (χ1) is 10.6. The molecule has 2 rings (SSSR count). The van der Waals surface area contributed by atoms with E-state index in [0.29, 0.717) is 18.8 Å². The third-order valence-electron chi connectivity index (χ3n) is 2.86. The molecule has 0 spiro atoms. The van der Waals surface area contributed by atoms with Gasteiger partial charge in [0.15, 0.2) is 11.4 Å². The summed E-state index contributed by atoms with van der Waals surface area (Å²) in [6, 6.07) is 5.67. The van der Waals surface area contributed by atoms with E-state index in [9.17, 15) is 0 Å². The predicted octanol–water partition coefficient (Wildman–Crippen LogP) is 2.15. The molecule has 1 heterocycles. The summed E-state index contributed by atoms with van der Waals surface area (Å²) in [7, 11) is 0. The van der Waals surface area contributed by atoms with Gasteiger partial charge >= 0.3 is 0 Å². The van der Waals surface area contributed by atoms with E-state index < -0.39 is 0 Å². The van der Waals surface area contributed by atoms with Gasteiger partial charge < -0.3 is 19.9 Å². The van der Waals surface area contributed by atoms with Gasteiger partial charge in [0.05, 0.1) is 26.0 Å². The molecule has 0 saturated carbocycles. The van der Waals surface area contributed by atoms with Gasteiger partial charge in [0.25, 0.3) is 0 Å². The van der Waals surface area contributed by atoms with Crippen LogP contribution in [0.4, 0.5) is 0 Å². The van der Waals surface area contributed by atoms with Gasteiger partial charge in [0, 0.05) is 16.5 Å². The minimum Gasteiger partial charge on any atom is -0.493 e. The zero-order chi connectivity index (χ0) is 15.8. The average molecular weight is 388 g/mol. The Morgan fingerprint density at radius 3 is 3.00 bits per heavy atom. The maximum Gasteiger partial charge on any atom is 0.184 e. The largest absolute Gasteiger partial charge is 0.493 e. The molecule has 1 aliphatic rings. The normalized spacial score (nSPS) is 15.9. The summed E-state index contributed by atoms with van der Waals surface area (Å²) in [6.45, 7) is 1.98. The monoisotopic (exact) mass is 387 g/mol. The summed E-state index contributed by atoms with van der Waals surface area (Å²) < 4.78 is 17.7. The highest BCUT2D eigenvalue weighted by Crippen LogP contribution is 2.22. The first kappa shape index (κ1) is 17.1. The van der Waals surface area contributed by atoms with Crippen molar-refractivity contribution in [3.8, 4) is 5.75 Å². The van der Waals surface area contributed by atoms with Crippen LogP contribution in [-0.2, 0) is 9.47 Å². The molecule has 1 aromatic carbocycles. The highest BCUT2D eigenvalue weighted by atomic mass is 79.9. The number of nitrogens with one attached hydrogen (secondary N) is 1. The molecule has 0 radical (unpaired) electrons. The number of nitrogens with zero attached hydrogens (tertiary/aromatic N) is 1. The van der Waals surface area contributed by atoms with Crippen molar-refractivity contribution >= 4 is 39.5 Å². The lowest BCUT2D eigenvalue weighted by atomic mass is 10.2. The van der Waals surface area contributed by atoms with E-state index >= 15 is 0 Å². The molecule has 22 heavy (non-hydrogen) atoms. The topological polar surface area (TPSA) is 78.1 Å². The molecular formula is C14H18BrN3O3S. The molecule has 8 heteroatoms. The fourth-order valence-electron chi connectivity index (χ4n) is 1.89. The minimum absolute atomic E-state index is 0.111. The predicted molar refractivity (Wildman–Crippen MR) is 92.1 cm³/mol. The summed E-state index contributed by atoms with van der Waals surface area (Å²) >= 11 is 8.12. The summed E-state index contributed by atoms with van der Waals surface area (Å²) in [5, 5.41) is 4.06. The summed E-state index contributed by atoms with van der Waals surface area (Å²) in [5.41, 5.74) is 8.65. The third-order valence-corrected chi connectivity index (χ3v) is 3.44. The van der Waals surface area contributed by atoms with E-state index in [1.165, 1.54) is 0 Å². The first-order valence-corrected chi connectivity index (χ1v) is 8.09. The van der Waals surface area contributed by atoms with Gasteiger partial charge in [-0.3, -0.25) is 5.43 Å². The summed E-state index contributed by atoms with van der Waals surface area (Å²) in [5.74, 6) is 0.715. The SMILES string of the molecule is NC(=S)NN=Cc1cc(Br)ccc1OCCC1OCCCO1. The fourth-order valence-corrected chi connectivity index (χ4v) is 2.32. The van der Waals surface area contributed by atoms with Crippen molar-refractivity contribution in [1.82, 2.24) is 5.43 Å². The quantitative estimate of drug-likeness (QED) is 0.442. The lowest BCUT2D eigenvalue weighted by Crippen LogP contribution is -2.26. The van der Waals surface area contributed by atoms with E-state index in [4.69, 9.17) is 32.2 Å². The second-order valence-corrected chi connectivity index (χ2v) is 5.93. The maximum absolute atomic E-state index is 5.79. The Labute approximate surface area is 143 Å². The number of nitrogens with two attached hydrogens (primary N) is 1. The number of halogens is 1. The second kappa shape index (κ2) is 9.04. The van der Waals surface area contributed by atoms with Crippen LogP contribution < -0.4 is 15.9 Å². The van der Waals surface area contributed by atoms with Crippen molar-refractivity contribution in [2.45, 2.75) is 19.1 Å². The smallest absolute Gasteiger partial charge is 0.184 e. The molecule has 3 N–H and O–H groups in total. The van der Waals surface area contributed by atoms with Crippen molar-refractivity contribution in [3.63, 3.8) is 0 Å². The van der Waals surface area contributed by atoms with Gasteiger partial charge in [-0.2, -0.15) is 5.10 Å². The van der Waals surface area contributed by atoms with Gasteiger partial charge in [-0.15, -0.1) is 0 Å². The number of thiocarbonyl (C=S) groups is 1. The highest BCUT2D eigenvalue weighted by molar-refractivity contribution is 9.10. The molecule has 0 atom stereocenters. The Kier molecular flexibility index (Phi) is 7.04. The Balaban J connectivity index is 1.91. The van der Waals surface area contributed by atoms with Crippen LogP contribution in [0.3, 0.4) is 0 Å². The minimum atomic E-state index is -0.183. The molecule has 120 valence electrons. The van der Waals surface area contributed by atoms with Gasteiger partial charge in [-0.05, 0) is 36.8 Å². The van der Waals surface area contributed by atoms with Crippen LogP contribution in [0.15, 0.2) is 27.8 Å². The molecule has 1 fully saturated rings. The molecule has 0 aliphatic carbocycles. The zero-order valence-corrected chi connectivity index (χ0v) is 14.4. The summed E-state index contributed by atoms with van der Waals surface area (Å²) in [4.78, 5) is 0. The van der Waals surface area contributed by atoms with Crippen molar-refractivity contribution in [2.75, 3.05) is 19.8 Å². The lowest BCUT2D eigenvalue weighted by molar-refractivity contribution is -0.183. The average Bonchev–Trinajstić information content (AvgIpc) is 2.50. The van der Waals surface area contributed by atoms with Crippen molar-refractivity contribution in [1.29, 1.82) is 0 Å². The van der Waals surface area contributed by atoms with Crippen LogP contribution >= 0.6 is 28.1 Å². The van der Waals surface area contributed by atoms with E-state index in [0.717, 1.165) is 29.7 Å². The van der Waals surface area contributed by atoms with Crippen LogP contribution in [0.25, 0.3) is 0 Å². The molecular weight excluding hydrogens is 370 g/mol. The Morgan fingerprint density at radius 1 is 1.50 bits per heavy atom. The van der Waals surface area contributed by atoms with Gasteiger partial charge in [-0.1, -0.05) is 15.9 Å². The Bertz CT molecular complexity index is 536. The van der Waals surface area contributed by atoms with E-state index in [-0.39, 0.29) is 11.4 Å². The molecule has 0 amide bonds. The van der Waals surface area contributed by atoms with Crippen molar-refractivity contribution in [3.05, 3.63) is 28.2 Å². The number of benzene rings is 1. The fraction of sp³-hybridized carbons (Fsp3) is 0.429. The number of ether oxygens (including phenoxy) is 3. The van der Waals surface area contributed by atoms with E-state index in [2.05, 4.69) is 26.5 Å². The third kappa shape index (κ3) is 5.88. The van der Waals surface area contributed by atoms with Crippen molar-refractivity contribution in [2.24, 2.45) is 10.8 Å². The molecule has 0 bridgehead atoms. The first-order valence-electron chi connectivity index (χ1n) is 6.89. The van der Waals surface area contributed by atoms with Crippen molar-refractivity contribution < 1.29 is 14.2 Å². The number of hydrazone groups is 1. The molecule has 1 saturated heterocycles. The maximum atomic E-state index is 5.79. The van der Waals surface area contributed by atoms with Gasteiger partial charge in [0.1, 0.15) is 5.75 Å². The van der Waals surface area contributed by atoms with Crippen LogP contribution in [0.5, 0.6) is 5.75 Å². The van der Waals surface area contributed by atoms with Crippen LogP contribution in [0.1, 0.15) is 18.4 Å². The standard InChI is InChI=1S/C14H18BrN3O3S/c15-11-2-3-12(10(8-11)9-17-18-14(16)22)19-7-4-13-20-5-1-6-21-13/h2-3,8-9,13H,1,4-7H2,(H3,16,18,22). The van der Waals surface area contributed by atoms with Gasteiger partial charge in [0.2, 0.25) is 0 Å². The van der Waals surface area contributed by atoms with Crippen LogP contribution in [0, 0.1) is 0 Å². The molecule has 1 aliphatic heterocycles. The van der Waals surface area contributed by atoms with Crippen LogP contribution in [-0.4, -0.2) is 37.4 Å². The van der Waals surface area contributed by atoms with Gasteiger partial charge in [-0.25, -0.2) is 0 Å². The van der Waals surface area contributed by atoms with Crippen LogP contribution in [0.2, 0.25) is 0 Å². The number of hydrogen-bond donors (Lipinski definition) is 2. The Hall–Kier alpha value is -1.22. The summed E-state index contributed by atoms with van der Waals surface area (Å²) in [6.07, 6.45) is 3.04. The molecule has 0 aromatic heterocycles. The second-order valence-electron chi connectivity index (χ2n) is 4.58. The zero-order valence-electron chi connectivity index (χ0n) is 12.0. The number of rotatable bonds is 6. The molecule has 6 nitrogen and oxygen atoms in total. The molecule has 0 unspecified atom stereocenters. The molecule has 1 aromatic rings. The number of hydrogen-bond acceptors (Lipinski definition) is 5. The van der Waals surface area contributed by atoms with E-state index in [1.54, 1.807) is 6.21 Å². The lowest BCUT2D eigenvalue weighted by Gasteiger charge is -2.23. The Morgan fingerprint density at radius 2 is 2.27 bits per heavy atom. The van der Waals surface area contributed by atoms with E-state index in [1.807, 2.05) is 18.2 Å². The highest BCUT2D eigenvalue weighted by Gasteiger charge is 2.14.